The Hall–Kier alpha value is -2.08. The summed E-state index contributed by atoms with van der Waals surface area (Å²) in [6.45, 7) is 9.35. The van der Waals surface area contributed by atoms with Crippen LogP contribution in [0.25, 0.3) is 16.6 Å². The van der Waals surface area contributed by atoms with E-state index in [1.807, 2.05) is 4.90 Å². The highest BCUT2D eigenvalue weighted by molar-refractivity contribution is 7.99. The molecular formula is C21H26N4OS. The van der Waals surface area contributed by atoms with Crippen LogP contribution in [0.5, 0.6) is 0 Å². The van der Waals surface area contributed by atoms with E-state index in [1.54, 1.807) is 0 Å². The lowest BCUT2D eigenvalue weighted by Gasteiger charge is -2.33. The second-order valence-corrected chi connectivity index (χ2v) is 8.58. The molecular weight excluding hydrogens is 356 g/mol. The molecule has 142 valence electrons. The van der Waals surface area contributed by atoms with E-state index < -0.39 is 0 Å². The van der Waals surface area contributed by atoms with E-state index in [9.17, 15) is 4.79 Å². The van der Waals surface area contributed by atoms with E-state index in [4.69, 9.17) is 0 Å². The summed E-state index contributed by atoms with van der Waals surface area (Å²) in [4.78, 5) is 14.8. The Labute approximate surface area is 164 Å². The molecule has 2 aromatic heterocycles. The molecule has 0 unspecified atom stereocenters. The molecule has 5 nitrogen and oxygen atoms in total. The largest absolute Gasteiger partial charge is 0.339 e. The molecule has 1 aliphatic heterocycles. The standard InChI is InChI=1S/C21H26N4OS/c1-13-8-9-17-11-14(2)20-22-23-21(25(20)19(17)16(13)4)27-12-18(26)24-10-6-5-7-15(24)3/h8-9,11,15H,5-7,10,12H2,1-4H3/t15-/m1/s1. The van der Waals surface area contributed by atoms with Crippen molar-refractivity contribution in [2.75, 3.05) is 12.3 Å². The first kappa shape index (κ1) is 18.3. The molecule has 4 rings (SSSR count). The first-order valence-electron chi connectivity index (χ1n) is 9.64. The molecule has 1 aliphatic rings. The average Bonchev–Trinajstić information content (AvgIpc) is 3.08. The number of amides is 1. The van der Waals surface area contributed by atoms with Crippen molar-refractivity contribution in [3.8, 4) is 0 Å². The monoisotopic (exact) mass is 382 g/mol. The minimum Gasteiger partial charge on any atom is -0.339 e. The Kier molecular flexibility index (Phi) is 4.84. The van der Waals surface area contributed by atoms with Gasteiger partial charge in [0.05, 0.1) is 11.3 Å². The number of piperidine rings is 1. The Balaban J connectivity index is 1.70. The molecule has 0 spiro atoms. The SMILES string of the molecule is Cc1ccc2cc(C)c3nnc(SCC(=O)N4CCCC[C@H]4C)n3c2c1C. The van der Waals surface area contributed by atoms with Gasteiger partial charge in [-0.25, -0.2) is 0 Å². The van der Waals surface area contributed by atoms with Gasteiger partial charge in [-0.3, -0.25) is 9.20 Å². The Morgan fingerprint density at radius 2 is 2.00 bits per heavy atom. The van der Waals surface area contributed by atoms with E-state index >= 15 is 0 Å². The van der Waals surface area contributed by atoms with Gasteiger partial charge in [0.15, 0.2) is 10.8 Å². The van der Waals surface area contributed by atoms with Crippen LogP contribution in [0.1, 0.15) is 42.9 Å². The molecule has 3 aromatic rings. The van der Waals surface area contributed by atoms with E-state index in [-0.39, 0.29) is 5.91 Å². The fraction of sp³-hybridized carbons (Fsp3) is 0.476. The Bertz CT molecular complexity index is 1030. The average molecular weight is 383 g/mol. The van der Waals surface area contributed by atoms with Gasteiger partial charge in [-0.15, -0.1) is 10.2 Å². The number of fused-ring (bicyclic) bond motifs is 3. The van der Waals surface area contributed by atoms with Crippen molar-refractivity contribution in [2.24, 2.45) is 0 Å². The number of thioether (sulfide) groups is 1. The fourth-order valence-electron chi connectivity index (χ4n) is 4.03. The molecule has 3 heterocycles. The maximum absolute atomic E-state index is 12.7. The van der Waals surface area contributed by atoms with Crippen LogP contribution in [0, 0.1) is 20.8 Å². The topological polar surface area (TPSA) is 50.5 Å². The fourth-order valence-corrected chi connectivity index (χ4v) is 4.86. The zero-order valence-electron chi connectivity index (χ0n) is 16.5. The summed E-state index contributed by atoms with van der Waals surface area (Å²) < 4.78 is 2.13. The lowest BCUT2D eigenvalue weighted by atomic mass is 10.0. The highest BCUT2D eigenvalue weighted by Gasteiger charge is 2.24. The summed E-state index contributed by atoms with van der Waals surface area (Å²) in [5, 5.41) is 10.8. The maximum Gasteiger partial charge on any atom is 0.233 e. The molecule has 6 heteroatoms. The lowest BCUT2D eigenvalue weighted by molar-refractivity contribution is -0.131. The zero-order chi connectivity index (χ0) is 19.1. The predicted octanol–water partition coefficient (Wildman–Crippen LogP) is 4.30. The number of hydrogen-bond acceptors (Lipinski definition) is 4. The van der Waals surface area contributed by atoms with Crippen LogP contribution in [-0.4, -0.2) is 43.7 Å². The van der Waals surface area contributed by atoms with Crippen molar-refractivity contribution in [2.45, 2.75) is 58.2 Å². The third kappa shape index (κ3) is 3.20. The van der Waals surface area contributed by atoms with Gasteiger partial charge < -0.3 is 4.90 Å². The number of carbonyl (C=O) groups is 1. The molecule has 1 fully saturated rings. The second kappa shape index (κ2) is 7.15. The van der Waals surface area contributed by atoms with Gasteiger partial charge in [0.1, 0.15) is 0 Å². The summed E-state index contributed by atoms with van der Waals surface area (Å²) in [7, 11) is 0. The summed E-state index contributed by atoms with van der Waals surface area (Å²) in [5.41, 5.74) is 5.59. The number of nitrogens with zero attached hydrogens (tertiary/aromatic N) is 4. The Morgan fingerprint density at radius 3 is 2.78 bits per heavy atom. The molecule has 0 N–H and O–H groups in total. The van der Waals surface area contributed by atoms with E-state index in [1.165, 1.54) is 34.7 Å². The van der Waals surface area contributed by atoms with E-state index in [2.05, 4.69) is 60.5 Å². The molecule has 1 atom stereocenters. The van der Waals surface area contributed by atoms with Crippen molar-refractivity contribution in [1.29, 1.82) is 0 Å². The normalized spacial score (nSPS) is 17.8. The zero-order valence-corrected chi connectivity index (χ0v) is 17.3. The van der Waals surface area contributed by atoms with Crippen molar-refractivity contribution in [3.63, 3.8) is 0 Å². The van der Waals surface area contributed by atoms with E-state index in [0.29, 0.717) is 11.8 Å². The van der Waals surface area contributed by atoms with Crippen molar-refractivity contribution < 1.29 is 4.79 Å². The van der Waals surface area contributed by atoms with Crippen LogP contribution in [-0.2, 0) is 4.79 Å². The molecule has 27 heavy (non-hydrogen) atoms. The number of likely N-dealkylation sites (tertiary alicyclic amines) is 1. The minimum absolute atomic E-state index is 0.203. The molecule has 1 aromatic carbocycles. The summed E-state index contributed by atoms with van der Waals surface area (Å²) in [5.74, 6) is 0.611. The van der Waals surface area contributed by atoms with Crippen LogP contribution in [0.15, 0.2) is 23.4 Å². The van der Waals surface area contributed by atoms with Crippen molar-refractivity contribution in [1.82, 2.24) is 19.5 Å². The van der Waals surface area contributed by atoms with Gasteiger partial charge in [0.2, 0.25) is 5.91 Å². The van der Waals surface area contributed by atoms with Crippen LogP contribution in [0.2, 0.25) is 0 Å². The van der Waals surface area contributed by atoms with Crippen molar-refractivity contribution >= 4 is 34.2 Å². The Morgan fingerprint density at radius 1 is 1.19 bits per heavy atom. The van der Waals surface area contributed by atoms with Crippen LogP contribution < -0.4 is 0 Å². The minimum atomic E-state index is 0.203. The predicted molar refractivity (Wildman–Crippen MR) is 110 cm³/mol. The van der Waals surface area contributed by atoms with Gasteiger partial charge in [0.25, 0.3) is 0 Å². The quantitative estimate of drug-likeness (QED) is 0.634. The van der Waals surface area contributed by atoms with Gasteiger partial charge >= 0.3 is 0 Å². The summed E-state index contributed by atoms with van der Waals surface area (Å²) in [6, 6.07) is 6.82. The number of carbonyl (C=O) groups excluding carboxylic acids is 1. The number of pyridine rings is 1. The smallest absolute Gasteiger partial charge is 0.233 e. The molecule has 0 bridgehead atoms. The molecule has 0 radical (unpaired) electrons. The van der Waals surface area contributed by atoms with Gasteiger partial charge in [0, 0.05) is 12.6 Å². The first-order chi connectivity index (χ1) is 13.0. The van der Waals surface area contributed by atoms with Crippen molar-refractivity contribution in [3.05, 3.63) is 34.9 Å². The second-order valence-electron chi connectivity index (χ2n) is 7.63. The van der Waals surface area contributed by atoms with Gasteiger partial charge in [-0.1, -0.05) is 23.9 Å². The first-order valence-corrected chi connectivity index (χ1v) is 10.6. The maximum atomic E-state index is 12.7. The number of aryl methyl sites for hydroxylation is 3. The number of rotatable bonds is 3. The van der Waals surface area contributed by atoms with Crippen LogP contribution >= 0.6 is 11.8 Å². The number of benzene rings is 1. The lowest BCUT2D eigenvalue weighted by Crippen LogP contribution is -2.42. The molecule has 0 saturated carbocycles. The molecule has 1 saturated heterocycles. The number of hydrogen-bond donors (Lipinski definition) is 0. The van der Waals surface area contributed by atoms with Gasteiger partial charge in [-0.05, 0) is 75.1 Å². The summed E-state index contributed by atoms with van der Waals surface area (Å²) >= 11 is 1.50. The third-order valence-corrected chi connectivity index (χ3v) is 6.68. The molecule has 1 amide bonds. The van der Waals surface area contributed by atoms with Crippen LogP contribution in [0.3, 0.4) is 0 Å². The van der Waals surface area contributed by atoms with Crippen LogP contribution in [0.4, 0.5) is 0 Å². The number of aromatic nitrogens is 3. The van der Waals surface area contributed by atoms with E-state index in [0.717, 1.165) is 41.3 Å². The third-order valence-electron chi connectivity index (χ3n) is 5.76. The highest BCUT2D eigenvalue weighted by atomic mass is 32.2. The summed E-state index contributed by atoms with van der Waals surface area (Å²) in [6.07, 6.45) is 3.43. The molecule has 0 aliphatic carbocycles. The van der Waals surface area contributed by atoms with Gasteiger partial charge in [-0.2, -0.15) is 0 Å². The highest BCUT2D eigenvalue weighted by Crippen LogP contribution is 2.29.